The van der Waals surface area contributed by atoms with Crippen LogP contribution < -0.4 is 9.47 Å². The third kappa shape index (κ3) is 3.39. The zero-order chi connectivity index (χ0) is 21.6. The average Bonchev–Trinajstić information content (AvgIpc) is 3.17. The topological polar surface area (TPSA) is 90.9 Å². The van der Waals surface area contributed by atoms with Crippen molar-refractivity contribution in [3.05, 3.63) is 41.5 Å². The second-order valence-electron chi connectivity index (χ2n) is 8.50. The van der Waals surface area contributed by atoms with Crippen LogP contribution in [0.2, 0.25) is 0 Å². The van der Waals surface area contributed by atoms with E-state index in [9.17, 15) is 8.42 Å². The van der Waals surface area contributed by atoms with Crippen LogP contribution in [0.5, 0.6) is 11.5 Å². The Balaban J connectivity index is 1.35. The van der Waals surface area contributed by atoms with Crippen LogP contribution in [0, 0.1) is 0 Å². The van der Waals surface area contributed by atoms with Crippen molar-refractivity contribution in [3.63, 3.8) is 0 Å². The molecule has 31 heavy (non-hydrogen) atoms. The summed E-state index contributed by atoms with van der Waals surface area (Å²) < 4.78 is 44.2. The van der Waals surface area contributed by atoms with Crippen LogP contribution in [0.1, 0.15) is 55.1 Å². The number of hydrogen-bond donors (Lipinski definition) is 0. The third-order valence-corrected chi connectivity index (χ3v) is 8.48. The molecule has 1 spiro atoms. The van der Waals surface area contributed by atoms with E-state index < -0.39 is 15.6 Å². The highest BCUT2D eigenvalue weighted by molar-refractivity contribution is 7.89. The molecule has 0 radical (unpaired) electrons. The number of rotatable bonds is 5. The molecule has 2 fully saturated rings. The van der Waals surface area contributed by atoms with Crippen molar-refractivity contribution in [3.8, 4) is 11.5 Å². The van der Waals surface area contributed by atoms with Gasteiger partial charge in [0.15, 0.2) is 11.5 Å². The highest BCUT2D eigenvalue weighted by Crippen LogP contribution is 2.45. The molecule has 0 atom stereocenters. The Hall–Kier alpha value is -2.23. The summed E-state index contributed by atoms with van der Waals surface area (Å²) in [6, 6.07) is 4.62. The summed E-state index contributed by atoms with van der Waals surface area (Å²) in [6.45, 7) is 0.910. The monoisotopic (exact) mass is 445 g/mol. The van der Waals surface area contributed by atoms with Gasteiger partial charge in [-0.2, -0.15) is 4.31 Å². The Morgan fingerprint density at radius 2 is 1.84 bits per heavy atom. The van der Waals surface area contributed by atoms with Crippen LogP contribution in [0.3, 0.4) is 0 Å². The van der Waals surface area contributed by atoms with Gasteiger partial charge in [-0.1, -0.05) is 19.3 Å². The molecule has 1 saturated heterocycles. The van der Waals surface area contributed by atoms with Crippen molar-refractivity contribution in [1.29, 1.82) is 0 Å². The molecule has 9 heteroatoms. The number of sulfonamides is 1. The third-order valence-electron chi connectivity index (χ3n) is 6.69. The SMILES string of the molecule is COc1ccc(S(=O)(=O)N2CC3(C2)OCc2nc(C4CCCCC4)ncc23)cc1OC. The molecule has 1 saturated carbocycles. The van der Waals surface area contributed by atoms with Crippen LogP contribution in [0.4, 0.5) is 0 Å². The zero-order valence-electron chi connectivity index (χ0n) is 17.8. The minimum atomic E-state index is -3.67. The van der Waals surface area contributed by atoms with Gasteiger partial charge in [-0.15, -0.1) is 0 Å². The van der Waals surface area contributed by atoms with E-state index in [0.717, 1.165) is 29.9 Å². The lowest BCUT2D eigenvalue weighted by atomic mass is 9.87. The second kappa shape index (κ2) is 7.72. The predicted molar refractivity (Wildman–Crippen MR) is 113 cm³/mol. The zero-order valence-corrected chi connectivity index (χ0v) is 18.7. The number of aromatic nitrogens is 2. The van der Waals surface area contributed by atoms with E-state index in [1.54, 1.807) is 6.07 Å². The first-order valence-corrected chi connectivity index (χ1v) is 12.1. The van der Waals surface area contributed by atoms with E-state index in [0.29, 0.717) is 24.0 Å². The highest BCUT2D eigenvalue weighted by atomic mass is 32.2. The molecule has 5 rings (SSSR count). The smallest absolute Gasteiger partial charge is 0.243 e. The number of fused-ring (bicyclic) bond motifs is 2. The standard InChI is InChI=1S/C22H27N3O5S/c1-28-19-9-8-16(10-20(19)29-2)31(26,27)25-13-22(14-25)17-11-23-21(24-18(17)12-30-22)15-6-4-3-5-7-15/h8-11,15H,3-7,12-14H2,1-2H3. The van der Waals surface area contributed by atoms with Gasteiger partial charge in [0.25, 0.3) is 0 Å². The maximum Gasteiger partial charge on any atom is 0.243 e. The molecular weight excluding hydrogens is 418 g/mol. The highest BCUT2D eigenvalue weighted by Gasteiger charge is 2.55. The molecule has 3 heterocycles. The predicted octanol–water partition coefficient (Wildman–Crippen LogP) is 2.97. The molecule has 2 aliphatic heterocycles. The summed E-state index contributed by atoms with van der Waals surface area (Å²) in [6.07, 6.45) is 7.89. The Kier molecular flexibility index (Phi) is 5.15. The molecule has 0 bridgehead atoms. The first kappa shape index (κ1) is 20.7. The van der Waals surface area contributed by atoms with Crippen LogP contribution in [0.15, 0.2) is 29.3 Å². The largest absolute Gasteiger partial charge is 0.493 e. The van der Waals surface area contributed by atoms with Crippen molar-refractivity contribution in [2.45, 2.75) is 55.1 Å². The van der Waals surface area contributed by atoms with Crippen molar-refractivity contribution in [2.75, 3.05) is 27.3 Å². The first-order chi connectivity index (χ1) is 15.0. The molecule has 1 aliphatic carbocycles. The summed E-state index contributed by atoms with van der Waals surface area (Å²) in [5, 5.41) is 0. The van der Waals surface area contributed by atoms with E-state index in [4.69, 9.17) is 19.2 Å². The van der Waals surface area contributed by atoms with Crippen LogP contribution in [0.25, 0.3) is 0 Å². The lowest BCUT2D eigenvalue weighted by Gasteiger charge is -2.46. The Morgan fingerprint density at radius 3 is 2.55 bits per heavy atom. The molecule has 8 nitrogen and oxygen atoms in total. The van der Waals surface area contributed by atoms with Crippen LogP contribution in [-0.4, -0.2) is 50.0 Å². The van der Waals surface area contributed by atoms with E-state index >= 15 is 0 Å². The van der Waals surface area contributed by atoms with Crippen molar-refractivity contribution >= 4 is 10.0 Å². The maximum atomic E-state index is 13.1. The van der Waals surface area contributed by atoms with Crippen molar-refractivity contribution < 1.29 is 22.6 Å². The maximum absolute atomic E-state index is 13.1. The van der Waals surface area contributed by atoms with Gasteiger partial charge < -0.3 is 14.2 Å². The molecule has 166 valence electrons. The number of nitrogens with zero attached hydrogens (tertiary/aromatic N) is 3. The number of benzene rings is 1. The van der Waals surface area contributed by atoms with Gasteiger partial charge in [0.05, 0.1) is 31.4 Å². The summed E-state index contributed by atoms with van der Waals surface area (Å²) in [4.78, 5) is 9.62. The first-order valence-electron chi connectivity index (χ1n) is 10.7. The quantitative estimate of drug-likeness (QED) is 0.699. The minimum Gasteiger partial charge on any atom is -0.493 e. The fourth-order valence-electron chi connectivity index (χ4n) is 4.85. The summed E-state index contributed by atoms with van der Waals surface area (Å²) in [5.74, 6) is 2.21. The van der Waals surface area contributed by atoms with Gasteiger partial charge >= 0.3 is 0 Å². The molecule has 1 aromatic heterocycles. The number of hydrogen-bond acceptors (Lipinski definition) is 7. The molecular formula is C22H27N3O5S. The normalized spacial score (nSPS) is 21.0. The Morgan fingerprint density at radius 1 is 1.10 bits per heavy atom. The van der Waals surface area contributed by atoms with Gasteiger partial charge in [0, 0.05) is 36.8 Å². The average molecular weight is 446 g/mol. The minimum absolute atomic E-state index is 0.169. The van der Waals surface area contributed by atoms with E-state index in [1.807, 2.05) is 6.20 Å². The molecule has 0 amide bonds. The fourth-order valence-corrected chi connectivity index (χ4v) is 6.40. The van der Waals surface area contributed by atoms with Crippen LogP contribution in [-0.2, 0) is 27.0 Å². The van der Waals surface area contributed by atoms with Gasteiger partial charge in [0.2, 0.25) is 10.0 Å². The van der Waals surface area contributed by atoms with Gasteiger partial charge in [0.1, 0.15) is 11.4 Å². The number of ether oxygens (including phenoxy) is 3. The molecule has 3 aliphatic rings. The van der Waals surface area contributed by atoms with Crippen molar-refractivity contribution in [2.24, 2.45) is 0 Å². The van der Waals surface area contributed by atoms with E-state index in [2.05, 4.69) is 4.98 Å². The van der Waals surface area contributed by atoms with E-state index in [1.165, 1.54) is 49.9 Å². The second-order valence-corrected chi connectivity index (χ2v) is 10.4. The van der Waals surface area contributed by atoms with Gasteiger partial charge in [-0.3, -0.25) is 0 Å². The summed E-state index contributed by atoms with van der Waals surface area (Å²) in [5.41, 5.74) is 1.17. The van der Waals surface area contributed by atoms with Gasteiger partial charge in [-0.25, -0.2) is 18.4 Å². The molecule has 0 unspecified atom stereocenters. The van der Waals surface area contributed by atoms with Gasteiger partial charge in [-0.05, 0) is 25.0 Å². The molecule has 1 aromatic carbocycles. The lowest BCUT2D eigenvalue weighted by molar-refractivity contribution is -0.112. The molecule has 0 N–H and O–H groups in total. The Labute approximate surface area is 182 Å². The molecule has 2 aromatic rings. The van der Waals surface area contributed by atoms with Crippen molar-refractivity contribution in [1.82, 2.24) is 14.3 Å². The summed E-state index contributed by atoms with van der Waals surface area (Å²) >= 11 is 0. The van der Waals surface area contributed by atoms with E-state index in [-0.39, 0.29) is 18.0 Å². The van der Waals surface area contributed by atoms with Crippen LogP contribution >= 0.6 is 0 Å². The Bertz CT molecular complexity index is 1090. The summed E-state index contributed by atoms with van der Waals surface area (Å²) in [7, 11) is -0.675. The number of methoxy groups -OCH3 is 2. The lowest BCUT2D eigenvalue weighted by Crippen LogP contribution is -2.61. The fraction of sp³-hybridized carbons (Fsp3) is 0.545.